The van der Waals surface area contributed by atoms with E-state index in [2.05, 4.69) is 9.97 Å². The van der Waals surface area contributed by atoms with Gasteiger partial charge in [-0.05, 0) is 36.1 Å². The molecule has 120 valence electrons. The van der Waals surface area contributed by atoms with Crippen molar-refractivity contribution in [1.82, 2.24) is 9.97 Å². The highest BCUT2D eigenvalue weighted by Crippen LogP contribution is 2.37. The van der Waals surface area contributed by atoms with Crippen molar-refractivity contribution in [2.75, 3.05) is 0 Å². The SMILES string of the molecule is Cc1sc2nc(-c3ccsc3Cl)[nH]c(=O)c2c1-c1ccc(F)cc1. The summed E-state index contributed by atoms with van der Waals surface area (Å²) < 4.78 is 13.8. The maximum atomic E-state index is 13.2. The highest BCUT2D eigenvalue weighted by atomic mass is 35.5. The summed E-state index contributed by atoms with van der Waals surface area (Å²) in [6, 6.07) is 7.96. The molecular formula is C17H10ClFN2OS2. The second-order valence-electron chi connectivity index (χ2n) is 5.24. The Balaban J connectivity index is 1.98. The Labute approximate surface area is 149 Å². The van der Waals surface area contributed by atoms with Gasteiger partial charge in [0.05, 0.1) is 5.39 Å². The summed E-state index contributed by atoms with van der Waals surface area (Å²) >= 11 is 8.98. The maximum absolute atomic E-state index is 13.2. The van der Waals surface area contributed by atoms with Gasteiger partial charge >= 0.3 is 0 Å². The summed E-state index contributed by atoms with van der Waals surface area (Å²) in [4.78, 5) is 21.7. The summed E-state index contributed by atoms with van der Waals surface area (Å²) in [7, 11) is 0. The fourth-order valence-electron chi connectivity index (χ4n) is 2.67. The van der Waals surface area contributed by atoms with Crippen LogP contribution in [-0.4, -0.2) is 9.97 Å². The number of nitrogens with one attached hydrogen (secondary N) is 1. The zero-order chi connectivity index (χ0) is 16.8. The van der Waals surface area contributed by atoms with Crippen molar-refractivity contribution in [3.8, 4) is 22.5 Å². The number of aromatic amines is 1. The number of hydrogen-bond donors (Lipinski definition) is 1. The normalized spacial score (nSPS) is 11.3. The smallest absolute Gasteiger partial charge is 0.260 e. The minimum absolute atomic E-state index is 0.221. The van der Waals surface area contributed by atoms with Gasteiger partial charge in [0.1, 0.15) is 20.8 Å². The zero-order valence-corrected chi connectivity index (χ0v) is 14.8. The quantitative estimate of drug-likeness (QED) is 0.503. The lowest BCUT2D eigenvalue weighted by Crippen LogP contribution is -2.09. The van der Waals surface area contributed by atoms with E-state index in [1.165, 1.54) is 34.8 Å². The van der Waals surface area contributed by atoms with Crippen LogP contribution in [0.5, 0.6) is 0 Å². The number of nitrogens with zero attached hydrogens (tertiary/aromatic N) is 1. The summed E-state index contributed by atoms with van der Waals surface area (Å²) in [5, 5.41) is 2.38. The van der Waals surface area contributed by atoms with Crippen LogP contribution in [0.1, 0.15) is 4.88 Å². The first kappa shape index (κ1) is 15.5. The molecule has 24 heavy (non-hydrogen) atoms. The molecule has 1 aromatic carbocycles. The largest absolute Gasteiger partial charge is 0.306 e. The molecule has 0 aliphatic rings. The number of aromatic nitrogens is 2. The summed E-state index contributed by atoms with van der Waals surface area (Å²) in [6.45, 7) is 1.93. The van der Waals surface area contributed by atoms with Crippen LogP contribution in [0.3, 0.4) is 0 Å². The Morgan fingerprint density at radius 3 is 2.62 bits per heavy atom. The Bertz CT molecular complexity index is 1110. The molecule has 4 rings (SSSR count). The number of aryl methyl sites for hydroxylation is 1. The van der Waals surface area contributed by atoms with E-state index in [-0.39, 0.29) is 11.4 Å². The van der Waals surface area contributed by atoms with Crippen LogP contribution in [0.25, 0.3) is 32.7 Å². The third kappa shape index (κ3) is 2.47. The van der Waals surface area contributed by atoms with Crippen LogP contribution in [0.4, 0.5) is 4.39 Å². The molecular weight excluding hydrogens is 367 g/mol. The minimum Gasteiger partial charge on any atom is -0.306 e. The second-order valence-corrected chi connectivity index (χ2v) is 7.96. The Hall–Kier alpha value is -2.02. The number of hydrogen-bond acceptors (Lipinski definition) is 4. The molecule has 0 saturated heterocycles. The molecule has 0 fully saturated rings. The molecule has 0 spiro atoms. The van der Waals surface area contributed by atoms with E-state index in [4.69, 9.17) is 11.6 Å². The molecule has 0 saturated carbocycles. The van der Waals surface area contributed by atoms with Gasteiger partial charge in [0, 0.05) is 16.0 Å². The lowest BCUT2D eigenvalue weighted by Gasteiger charge is -2.03. The topological polar surface area (TPSA) is 45.8 Å². The van der Waals surface area contributed by atoms with E-state index in [0.29, 0.717) is 20.4 Å². The molecule has 3 heterocycles. The van der Waals surface area contributed by atoms with Gasteiger partial charge in [-0.25, -0.2) is 9.37 Å². The summed E-state index contributed by atoms with van der Waals surface area (Å²) in [5.74, 6) is 0.156. The lowest BCUT2D eigenvalue weighted by atomic mass is 10.0. The average Bonchev–Trinajstić information content (AvgIpc) is 3.11. The number of rotatable bonds is 2. The lowest BCUT2D eigenvalue weighted by molar-refractivity contribution is 0.628. The van der Waals surface area contributed by atoms with Gasteiger partial charge in [0.2, 0.25) is 0 Å². The van der Waals surface area contributed by atoms with Crippen molar-refractivity contribution in [1.29, 1.82) is 0 Å². The predicted octanol–water partition coefficient (Wildman–Crippen LogP) is 5.48. The van der Waals surface area contributed by atoms with Gasteiger partial charge in [-0.2, -0.15) is 0 Å². The third-order valence-corrected chi connectivity index (χ3v) is 5.91. The summed E-state index contributed by atoms with van der Waals surface area (Å²) in [6.07, 6.45) is 0. The van der Waals surface area contributed by atoms with Gasteiger partial charge in [-0.1, -0.05) is 23.7 Å². The average molecular weight is 377 g/mol. The van der Waals surface area contributed by atoms with Crippen molar-refractivity contribution < 1.29 is 4.39 Å². The Kier molecular flexibility index (Phi) is 3.75. The third-order valence-electron chi connectivity index (χ3n) is 3.74. The molecule has 1 N–H and O–H groups in total. The van der Waals surface area contributed by atoms with Gasteiger partial charge < -0.3 is 4.98 Å². The van der Waals surface area contributed by atoms with Crippen LogP contribution in [-0.2, 0) is 0 Å². The number of thiophene rings is 2. The highest BCUT2D eigenvalue weighted by Gasteiger charge is 2.18. The fraction of sp³-hybridized carbons (Fsp3) is 0.0588. The maximum Gasteiger partial charge on any atom is 0.260 e. The van der Waals surface area contributed by atoms with Crippen molar-refractivity contribution in [2.24, 2.45) is 0 Å². The predicted molar refractivity (Wildman–Crippen MR) is 98.7 cm³/mol. The van der Waals surface area contributed by atoms with E-state index in [0.717, 1.165) is 21.6 Å². The standard InChI is InChI=1S/C17H10ClFN2OS2/c1-8-12(9-2-4-10(19)5-3-9)13-16(22)20-15(21-17(13)24-8)11-6-7-23-14(11)18/h2-7H,1H3,(H,20,21,22). The monoisotopic (exact) mass is 376 g/mol. The number of benzene rings is 1. The first-order valence-corrected chi connectivity index (χ1v) is 9.14. The van der Waals surface area contributed by atoms with Gasteiger partial charge in [-0.15, -0.1) is 22.7 Å². The molecule has 0 unspecified atom stereocenters. The van der Waals surface area contributed by atoms with Crippen molar-refractivity contribution in [3.63, 3.8) is 0 Å². The molecule has 0 bridgehead atoms. The molecule has 0 amide bonds. The minimum atomic E-state index is -0.308. The van der Waals surface area contributed by atoms with Gasteiger partial charge in [-0.3, -0.25) is 4.79 Å². The Morgan fingerprint density at radius 1 is 1.21 bits per heavy atom. The van der Waals surface area contributed by atoms with E-state index in [9.17, 15) is 9.18 Å². The zero-order valence-electron chi connectivity index (χ0n) is 12.4. The van der Waals surface area contributed by atoms with Crippen molar-refractivity contribution >= 4 is 44.5 Å². The second kappa shape index (κ2) is 5.81. The van der Waals surface area contributed by atoms with Gasteiger partial charge in [0.15, 0.2) is 0 Å². The molecule has 4 aromatic rings. The van der Waals surface area contributed by atoms with Crippen LogP contribution in [0.2, 0.25) is 4.34 Å². The van der Waals surface area contributed by atoms with Gasteiger partial charge in [0.25, 0.3) is 5.56 Å². The van der Waals surface area contributed by atoms with Crippen LogP contribution in [0, 0.1) is 12.7 Å². The molecule has 0 aliphatic carbocycles. The van der Waals surface area contributed by atoms with E-state index in [1.807, 2.05) is 18.4 Å². The fourth-order valence-corrected chi connectivity index (χ4v) is 4.64. The molecule has 0 aliphatic heterocycles. The van der Waals surface area contributed by atoms with Crippen molar-refractivity contribution in [3.05, 3.63) is 61.1 Å². The Morgan fingerprint density at radius 2 is 1.96 bits per heavy atom. The summed E-state index contributed by atoms with van der Waals surface area (Å²) in [5.41, 5.74) is 2.09. The number of H-pyrrole nitrogens is 1. The van der Waals surface area contributed by atoms with Crippen LogP contribution >= 0.6 is 34.3 Å². The molecule has 3 aromatic heterocycles. The first-order chi connectivity index (χ1) is 11.5. The van der Waals surface area contributed by atoms with E-state index < -0.39 is 0 Å². The van der Waals surface area contributed by atoms with E-state index >= 15 is 0 Å². The first-order valence-electron chi connectivity index (χ1n) is 7.07. The number of halogens is 2. The molecule has 0 radical (unpaired) electrons. The van der Waals surface area contributed by atoms with Crippen LogP contribution in [0.15, 0.2) is 40.5 Å². The molecule has 7 heteroatoms. The van der Waals surface area contributed by atoms with Crippen molar-refractivity contribution in [2.45, 2.75) is 6.92 Å². The molecule has 3 nitrogen and oxygen atoms in total. The molecule has 0 atom stereocenters. The van der Waals surface area contributed by atoms with Crippen LogP contribution < -0.4 is 5.56 Å². The highest BCUT2D eigenvalue weighted by molar-refractivity contribution is 7.19. The number of fused-ring (bicyclic) bond motifs is 1. The van der Waals surface area contributed by atoms with E-state index in [1.54, 1.807) is 12.1 Å².